The molecular weight excluding hydrogens is 310 g/mol. The second-order valence-corrected chi connectivity index (χ2v) is 6.74. The van der Waals surface area contributed by atoms with Gasteiger partial charge in [-0.1, -0.05) is 88.9 Å². The summed E-state index contributed by atoms with van der Waals surface area (Å²) in [6.07, 6.45) is 0. The first kappa shape index (κ1) is 14.0. The average molecular weight is 320 g/mol. The standard InChI is InChI=1S/C14H10Cl4/c15-12-8-6-11(7-9-12)13(14(16,17)18)10-4-2-1-3-5-10/h1-9,13H. The molecule has 4 heteroatoms. The van der Waals surface area contributed by atoms with Crippen molar-refractivity contribution in [2.45, 2.75) is 9.71 Å². The molecule has 0 spiro atoms. The van der Waals surface area contributed by atoms with Gasteiger partial charge in [-0.05, 0) is 23.3 Å². The fraction of sp³-hybridized carbons (Fsp3) is 0.143. The normalized spacial score (nSPS) is 13.3. The fourth-order valence-electron chi connectivity index (χ4n) is 1.87. The maximum atomic E-state index is 6.11. The highest BCUT2D eigenvalue weighted by molar-refractivity contribution is 6.68. The van der Waals surface area contributed by atoms with Gasteiger partial charge >= 0.3 is 0 Å². The average Bonchev–Trinajstić information content (AvgIpc) is 2.32. The van der Waals surface area contributed by atoms with Gasteiger partial charge < -0.3 is 0 Å². The molecule has 94 valence electrons. The minimum absolute atomic E-state index is 0.319. The Morgan fingerprint density at radius 2 is 1.22 bits per heavy atom. The monoisotopic (exact) mass is 318 g/mol. The van der Waals surface area contributed by atoms with Gasteiger partial charge in [0.15, 0.2) is 0 Å². The molecule has 1 unspecified atom stereocenters. The first-order valence-electron chi connectivity index (χ1n) is 5.35. The molecule has 0 N–H and O–H groups in total. The predicted molar refractivity (Wildman–Crippen MR) is 80.0 cm³/mol. The smallest absolute Gasteiger partial charge is 0.0843 e. The molecular formula is C14H10Cl4. The Hall–Kier alpha value is -0.400. The first-order chi connectivity index (χ1) is 8.48. The van der Waals surface area contributed by atoms with Crippen LogP contribution in [0.25, 0.3) is 0 Å². The van der Waals surface area contributed by atoms with E-state index in [0.29, 0.717) is 5.02 Å². The fourth-order valence-corrected chi connectivity index (χ4v) is 2.75. The topological polar surface area (TPSA) is 0 Å². The van der Waals surface area contributed by atoms with Crippen LogP contribution >= 0.6 is 46.4 Å². The van der Waals surface area contributed by atoms with Crippen LogP contribution in [0.4, 0.5) is 0 Å². The summed E-state index contributed by atoms with van der Waals surface area (Å²) in [6, 6.07) is 17.0. The molecule has 0 heterocycles. The van der Waals surface area contributed by atoms with Crippen molar-refractivity contribution in [1.29, 1.82) is 0 Å². The van der Waals surface area contributed by atoms with E-state index in [-0.39, 0.29) is 5.92 Å². The van der Waals surface area contributed by atoms with E-state index < -0.39 is 3.79 Å². The molecule has 2 rings (SSSR count). The van der Waals surface area contributed by atoms with E-state index in [9.17, 15) is 0 Å². The third-order valence-electron chi connectivity index (χ3n) is 2.66. The lowest BCUT2D eigenvalue weighted by atomic mass is 9.93. The van der Waals surface area contributed by atoms with E-state index in [4.69, 9.17) is 46.4 Å². The van der Waals surface area contributed by atoms with Crippen molar-refractivity contribution < 1.29 is 0 Å². The number of halogens is 4. The quantitative estimate of drug-likeness (QED) is 0.610. The maximum absolute atomic E-state index is 6.11. The van der Waals surface area contributed by atoms with Gasteiger partial charge in [0, 0.05) is 5.02 Å². The van der Waals surface area contributed by atoms with E-state index in [2.05, 4.69) is 0 Å². The maximum Gasteiger partial charge on any atom is 0.201 e. The minimum atomic E-state index is -1.41. The van der Waals surface area contributed by atoms with Crippen molar-refractivity contribution in [2.24, 2.45) is 0 Å². The second-order valence-electron chi connectivity index (χ2n) is 3.94. The van der Waals surface area contributed by atoms with Crippen molar-refractivity contribution in [1.82, 2.24) is 0 Å². The number of rotatable bonds is 2. The Morgan fingerprint density at radius 1 is 0.722 bits per heavy atom. The summed E-state index contributed by atoms with van der Waals surface area (Å²) in [6.45, 7) is 0. The van der Waals surface area contributed by atoms with Gasteiger partial charge in [0.2, 0.25) is 3.79 Å². The highest BCUT2D eigenvalue weighted by Crippen LogP contribution is 2.45. The molecule has 2 aromatic rings. The molecule has 0 fully saturated rings. The lowest BCUT2D eigenvalue weighted by Gasteiger charge is -2.25. The van der Waals surface area contributed by atoms with E-state index >= 15 is 0 Å². The Bertz CT molecular complexity index is 500. The molecule has 0 saturated heterocycles. The summed E-state index contributed by atoms with van der Waals surface area (Å²) in [4.78, 5) is 0. The van der Waals surface area contributed by atoms with Crippen LogP contribution in [0.15, 0.2) is 54.6 Å². The molecule has 0 bridgehead atoms. The SMILES string of the molecule is Clc1ccc(C(c2ccccc2)C(Cl)(Cl)Cl)cc1. The van der Waals surface area contributed by atoms with Crippen LogP contribution in [-0.2, 0) is 0 Å². The van der Waals surface area contributed by atoms with Gasteiger partial charge in [0.1, 0.15) is 0 Å². The summed E-state index contributed by atoms with van der Waals surface area (Å²) < 4.78 is -1.41. The molecule has 0 aliphatic heterocycles. The van der Waals surface area contributed by atoms with Gasteiger partial charge in [-0.15, -0.1) is 0 Å². The van der Waals surface area contributed by atoms with Crippen LogP contribution in [0.3, 0.4) is 0 Å². The largest absolute Gasteiger partial charge is 0.201 e. The van der Waals surface area contributed by atoms with Crippen LogP contribution in [0.5, 0.6) is 0 Å². The first-order valence-corrected chi connectivity index (χ1v) is 6.87. The van der Waals surface area contributed by atoms with Crippen molar-refractivity contribution in [2.75, 3.05) is 0 Å². The minimum Gasteiger partial charge on any atom is -0.0843 e. The van der Waals surface area contributed by atoms with Crippen molar-refractivity contribution in [3.05, 3.63) is 70.7 Å². The predicted octanol–water partition coefficient (Wildman–Crippen LogP) is 5.84. The molecule has 0 aliphatic rings. The molecule has 18 heavy (non-hydrogen) atoms. The summed E-state index contributed by atoms with van der Waals surface area (Å²) in [5, 5.41) is 0.662. The van der Waals surface area contributed by atoms with Gasteiger partial charge in [-0.2, -0.15) is 0 Å². The van der Waals surface area contributed by atoms with E-state index in [0.717, 1.165) is 11.1 Å². The molecule has 1 atom stereocenters. The van der Waals surface area contributed by atoms with E-state index in [1.807, 2.05) is 42.5 Å². The van der Waals surface area contributed by atoms with Crippen molar-refractivity contribution in [3.63, 3.8) is 0 Å². The van der Waals surface area contributed by atoms with Gasteiger partial charge in [-0.25, -0.2) is 0 Å². The Balaban J connectivity index is 2.47. The number of benzene rings is 2. The molecule has 0 aliphatic carbocycles. The molecule has 0 radical (unpaired) electrons. The summed E-state index contributed by atoms with van der Waals surface area (Å²) >= 11 is 24.2. The van der Waals surface area contributed by atoms with Crippen LogP contribution in [0.1, 0.15) is 17.0 Å². The third kappa shape index (κ3) is 3.33. The van der Waals surface area contributed by atoms with Gasteiger partial charge in [0.05, 0.1) is 5.92 Å². The van der Waals surface area contributed by atoms with Gasteiger partial charge in [0.25, 0.3) is 0 Å². The van der Waals surface area contributed by atoms with E-state index in [1.165, 1.54) is 0 Å². The third-order valence-corrected chi connectivity index (χ3v) is 3.57. The highest BCUT2D eigenvalue weighted by Gasteiger charge is 2.34. The lowest BCUT2D eigenvalue weighted by Crippen LogP contribution is -2.18. The van der Waals surface area contributed by atoms with Gasteiger partial charge in [-0.3, -0.25) is 0 Å². The summed E-state index contributed by atoms with van der Waals surface area (Å²) in [7, 11) is 0. The van der Waals surface area contributed by atoms with Crippen LogP contribution < -0.4 is 0 Å². The van der Waals surface area contributed by atoms with Crippen molar-refractivity contribution in [3.8, 4) is 0 Å². The van der Waals surface area contributed by atoms with Crippen LogP contribution in [0.2, 0.25) is 5.02 Å². The lowest BCUT2D eigenvalue weighted by molar-refractivity contribution is 0.839. The number of hydrogen-bond acceptors (Lipinski definition) is 0. The molecule has 2 aromatic carbocycles. The Labute approximate surface area is 126 Å². The molecule has 0 nitrogen and oxygen atoms in total. The van der Waals surface area contributed by atoms with E-state index in [1.54, 1.807) is 12.1 Å². The van der Waals surface area contributed by atoms with Crippen LogP contribution in [0, 0.1) is 0 Å². The van der Waals surface area contributed by atoms with Crippen LogP contribution in [-0.4, -0.2) is 3.79 Å². The number of hydrogen-bond donors (Lipinski definition) is 0. The van der Waals surface area contributed by atoms with Crippen molar-refractivity contribution >= 4 is 46.4 Å². The Kier molecular flexibility index (Phi) is 4.45. The zero-order valence-electron chi connectivity index (χ0n) is 9.29. The highest BCUT2D eigenvalue weighted by atomic mass is 35.6. The number of alkyl halides is 3. The molecule has 0 saturated carbocycles. The zero-order valence-corrected chi connectivity index (χ0v) is 12.3. The molecule has 0 aromatic heterocycles. The summed E-state index contributed by atoms with van der Waals surface area (Å²) in [5.74, 6) is -0.319. The Morgan fingerprint density at radius 3 is 1.72 bits per heavy atom. The summed E-state index contributed by atoms with van der Waals surface area (Å²) in [5.41, 5.74) is 1.88. The zero-order chi connectivity index (χ0) is 13.2. The molecule has 0 amide bonds. The second kappa shape index (κ2) is 5.71.